The fourth-order valence-electron chi connectivity index (χ4n) is 4.02. The van der Waals surface area contributed by atoms with Crippen molar-refractivity contribution in [1.82, 2.24) is 5.32 Å². The highest BCUT2D eigenvalue weighted by Crippen LogP contribution is 2.44. The van der Waals surface area contributed by atoms with E-state index in [2.05, 4.69) is 22.8 Å². The number of carboxylic acid groups (broad SMARTS) is 1. The molecule has 2 amide bonds. The first-order valence-electron chi connectivity index (χ1n) is 10.9. The SMILES string of the molecule is C[C@H](NC(=O)OCC1c2ccccc2-c2ccccc21)C(=O)Nc1cccc(/C=C/C(=O)O)c1. The van der Waals surface area contributed by atoms with Crippen LogP contribution in [0.1, 0.15) is 29.5 Å². The lowest BCUT2D eigenvalue weighted by molar-refractivity contribution is -0.131. The Hall–Kier alpha value is -4.39. The quantitative estimate of drug-likeness (QED) is 0.449. The zero-order valence-electron chi connectivity index (χ0n) is 18.5. The minimum absolute atomic E-state index is 0.0659. The Morgan fingerprint density at radius 3 is 2.26 bits per heavy atom. The van der Waals surface area contributed by atoms with Crippen LogP contribution in [0.4, 0.5) is 10.5 Å². The van der Waals surface area contributed by atoms with E-state index in [9.17, 15) is 14.4 Å². The van der Waals surface area contributed by atoms with Crippen LogP contribution in [0.2, 0.25) is 0 Å². The van der Waals surface area contributed by atoms with Crippen LogP contribution < -0.4 is 10.6 Å². The maximum absolute atomic E-state index is 12.5. The molecule has 0 aliphatic heterocycles. The summed E-state index contributed by atoms with van der Waals surface area (Å²) in [6.45, 7) is 1.72. The van der Waals surface area contributed by atoms with Crippen LogP contribution in [0.15, 0.2) is 78.9 Å². The van der Waals surface area contributed by atoms with Crippen LogP contribution in [-0.4, -0.2) is 35.7 Å². The summed E-state index contributed by atoms with van der Waals surface area (Å²) in [6.07, 6.45) is 1.76. The third-order valence-corrected chi connectivity index (χ3v) is 5.64. The van der Waals surface area contributed by atoms with Gasteiger partial charge in [-0.3, -0.25) is 4.79 Å². The average molecular weight is 456 g/mol. The van der Waals surface area contributed by atoms with Gasteiger partial charge in [0.2, 0.25) is 5.91 Å². The third kappa shape index (κ3) is 5.15. The van der Waals surface area contributed by atoms with Gasteiger partial charge in [-0.1, -0.05) is 60.7 Å². The molecular weight excluding hydrogens is 432 g/mol. The summed E-state index contributed by atoms with van der Waals surface area (Å²) in [5, 5.41) is 14.0. The van der Waals surface area contributed by atoms with Gasteiger partial charge in [-0.25, -0.2) is 9.59 Å². The van der Waals surface area contributed by atoms with Gasteiger partial charge in [0.05, 0.1) is 0 Å². The lowest BCUT2D eigenvalue weighted by atomic mass is 9.98. The molecule has 0 fully saturated rings. The second kappa shape index (κ2) is 10.0. The molecule has 4 rings (SSSR count). The Morgan fingerprint density at radius 1 is 0.971 bits per heavy atom. The number of carbonyl (C=O) groups excluding carboxylic acids is 2. The van der Waals surface area contributed by atoms with E-state index in [-0.39, 0.29) is 12.5 Å². The van der Waals surface area contributed by atoms with Crippen molar-refractivity contribution >= 4 is 29.7 Å². The molecule has 7 heteroatoms. The first-order valence-corrected chi connectivity index (χ1v) is 10.9. The van der Waals surface area contributed by atoms with Crippen LogP contribution in [0.5, 0.6) is 0 Å². The van der Waals surface area contributed by atoms with Crippen molar-refractivity contribution in [3.05, 3.63) is 95.6 Å². The van der Waals surface area contributed by atoms with Crippen LogP contribution in [-0.2, 0) is 14.3 Å². The molecule has 3 aromatic rings. The molecule has 1 aliphatic carbocycles. The molecule has 0 spiro atoms. The second-order valence-corrected chi connectivity index (χ2v) is 7.98. The van der Waals surface area contributed by atoms with E-state index in [1.54, 1.807) is 31.2 Å². The highest BCUT2D eigenvalue weighted by molar-refractivity contribution is 5.96. The van der Waals surface area contributed by atoms with Crippen LogP contribution in [0.3, 0.4) is 0 Å². The molecule has 0 saturated carbocycles. The molecule has 0 heterocycles. The van der Waals surface area contributed by atoms with E-state index in [0.717, 1.165) is 28.3 Å². The van der Waals surface area contributed by atoms with Crippen LogP contribution in [0.25, 0.3) is 17.2 Å². The lowest BCUT2D eigenvalue weighted by Crippen LogP contribution is -2.42. The van der Waals surface area contributed by atoms with Crippen LogP contribution >= 0.6 is 0 Å². The monoisotopic (exact) mass is 456 g/mol. The molecule has 1 aliphatic rings. The van der Waals surface area contributed by atoms with Gasteiger partial charge in [0, 0.05) is 17.7 Å². The van der Waals surface area contributed by atoms with Gasteiger partial charge in [0.15, 0.2) is 0 Å². The largest absolute Gasteiger partial charge is 0.478 e. The molecule has 7 nitrogen and oxygen atoms in total. The normalized spacial score (nSPS) is 13.1. The molecule has 0 saturated heterocycles. The van der Waals surface area contributed by atoms with Gasteiger partial charge in [-0.2, -0.15) is 0 Å². The van der Waals surface area contributed by atoms with Crippen molar-refractivity contribution in [2.75, 3.05) is 11.9 Å². The molecule has 0 bridgehead atoms. The number of rotatable bonds is 7. The molecule has 1 atom stereocenters. The Labute approximate surface area is 197 Å². The minimum Gasteiger partial charge on any atom is -0.478 e. The summed E-state index contributed by atoms with van der Waals surface area (Å²) in [6, 6.07) is 22.0. The number of anilines is 1. The Bertz CT molecular complexity index is 1220. The zero-order chi connectivity index (χ0) is 24.1. The van der Waals surface area contributed by atoms with Crippen LogP contribution in [0, 0.1) is 0 Å². The second-order valence-electron chi connectivity index (χ2n) is 7.98. The first kappa shape index (κ1) is 22.8. The van der Waals surface area contributed by atoms with Crippen molar-refractivity contribution in [2.45, 2.75) is 18.9 Å². The summed E-state index contributed by atoms with van der Waals surface area (Å²) < 4.78 is 5.49. The number of hydrogen-bond acceptors (Lipinski definition) is 4. The van der Waals surface area contributed by atoms with Crippen molar-refractivity contribution in [2.24, 2.45) is 0 Å². The van der Waals surface area contributed by atoms with E-state index >= 15 is 0 Å². The van der Waals surface area contributed by atoms with Gasteiger partial charge >= 0.3 is 12.1 Å². The van der Waals surface area contributed by atoms with Crippen molar-refractivity contribution in [3.8, 4) is 11.1 Å². The van der Waals surface area contributed by atoms with Crippen molar-refractivity contribution in [3.63, 3.8) is 0 Å². The zero-order valence-corrected chi connectivity index (χ0v) is 18.5. The summed E-state index contributed by atoms with van der Waals surface area (Å²) >= 11 is 0. The van der Waals surface area contributed by atoms with Gasteiger partial charge < -0.3 is 20.5 Å². The Kier molecular flexibility index (Phi) is 6.73. The number of carbonyl (C=O) groups is 3. The summed E-state index contributed by atoms with van der Waals surface area (Å²) in [4.78, 5) is 35.6. The maximum atomic E-state index is 12.5. The van der Waals surface area contributed by atoms with E-state index < -0.39 is 24.0 Å². The lowest BCUT2D eigenvalue weighted by Gasteiger charge is -2.17. The van der Waals surface area contributed by atoms with E-state index in [4.69, 9.17) is 9.84 Å². The predicted molar refractivity (Wildman–Crippen MR) is 129 cm³/mol. The number of aliphatic carboxylic acids is 1. The number of hydrogen-bond donors (Lipinski definition) is 3. The number of amides is 2. The molecule has 0 radical (unpaired) electrons. The van der Waals surface area contributed by atoms with E-state index in [1.165, 1.54) is 6.08 Å². The maximum Gasteiger partial charge on any atom is 0.407 e. The third-order valence-electron chi connectivity index (χ3n) is 5.64. The highest BCUT2D eigenvalue weighted by atomic mass is 16.5. The number of ether oxygens (including phenoxy) is 1. The standard InChI is InChI=1S/C27H24N2O5/c1-17(26(32)29-19-8-6-7-18(15-19)13-14-25(30)31)28-27(33)34-16-24-22-11-4-2-9-20(22)21-10-3-5-12-23(21)24/h2-15,17,24H,16H2,1H3,(H,28,33)(H,29,32)(H,30,31)/b14-13+/t17-/m0/s1. The molecule has 34 heavy (non-hydrogen) atoms. The van der Waals surface area contributed by atoms with Gasteiger partial charge in [0.1, 0.15) is 12.6 Å². The number of carboxylic acids is 1. The summed E-state index contributed by atoms with van der Waals surface area (Å²) in [5.74, 6) is -1.55. The van der Waals surface area contributed by atoms with Gasteiger partial charge in [-0.15, -0.1) is 0 Å². The summed E-state index contributed by atoms with van der Waals surface area (Å²) in [7, 11) is 0. The molecule has 3 aromatic carbocycles. The highest BCUT2D eigenvalue weighted by Gasteiger charge is 2.29. The topological polar surface area (TPSA) is 105 Å². The first-order chi connectivity index (χ1) is 16.4. The number of alkyl carbamates (subject to hydrolysis) is 1. The number of nitrogens with one attached hydrogen (secondary N) is 2. The summed E-state index contributed by atoms with van der Waals surface area (Å²) in [5.41, 5.74) is 5.61. The molecule has 3 N–H and O–H groups in total. The van der Waals surface area contributed by atoms with Crippen molar-refractivity contribution in [1.29, 1.82) is 0 Å². The molecule has 0 unspecified atom stereocenters. The van der Waals surface area contributed by atoms with Crippen molar-refractivity contribution < 1.29 is 24.2 Å². The average Bonchev–Trinajstić information content (AvgIpc) is 3.15. The number of benzene rings is 3. The van der Waals surface area contributed by atoms with E-state index in [1.807, 2.05) is 36.4 Å². The predicted octanol–water partition coefficient (Wildman–Crippen LogP) is 4.65. The smallest absolute Gasteiger partial charge is 0.407 e. The molecular formula is C27H24N2O5. The Morgan fingerprint density at radius 2 is 1.62 bits per heavy atom. The Balaban J connectivity index is 1.34. The molecule has 0 aromatic heterocycles. The fraction of sp³-hybridized carbons (Fsp3) is 0.148. The molecule has 172 valence electrons. The fourth-order valence-corrected chi connectivity index (χ4v) is 4.02. The van der Waals surface area contributed by atoms with E-state index in [0.29, 0.717) is 11.3 Å². The number of fused-ring (bicyclic) bond motifs is 3. The minimum atomic E-state index is -1.06. The van der Waals surface area contributed by atoms with Gasteiger partial charge in [0.25, 0.3) is 0 Å². The van der Waals surface area contributed by atoms with Gasteiger partial charge in [-0.05, 0) is 52.9 Å².